The van der Waals surface area contributed by atoms with Gasteiger partial charge in [0.25, 0.3) is 0 Å². The molecule has 2 aromatic carbocycles. The summed E-state index contributed by atoms with van der Waals surface area (Å²) in [6.45, 7) is 8.11. The maximum atomic E-state index is 5.99. The van der Waals surface area contributed by atoms with Gasteiger partial charge in [0, 0.05) is 25.5 Å². The predicted molar refractivity (Wildman–Crippen MR) is 276 cm³/mol. The molecule has 0 heterocycles. The largest absolute Gasteiger partial charge is 0.494 e. The van der Waals surface area contributed by atoms with E-state index < -0.39 is 0 Å². The molecule has 4 nitrogen and oxygen atoms in total. The number of hydrogen-bond donors (Lipinski definition) is 0. The fraction of sp³-hybridized carbons (Fsp3) is 0.759. The van der Waals surface area contributed by atoms with Gasteiger partial charge in [0.05, 0.1) is 13.2 Å². The molecule has 0 saturated heterocycles. The van der Waals surface area contributed by atoms with E-state index in [0.717, 1.165) is 50.6 Å². The number of rotatable bonds is 47. The van der Waals surface area contributed by atoms with Crippen LogP contribution in [-0.4, -0.2) is 38.7 Å². The van der Waals surface area contributed by atoms with Crippen LogP contribution in [0.25, 0.3) is 0 Å². The van der Waals surface area contributed by atoms with Crippen molar-refractivity contribution in [3.63, 3.8) is 0 Å². The van der Waals surface area contributed by atoms with Crippen molar-refractivity contribution in [3.05, 3.63) is 59.7 Å². The molecule has 2 rings (SSSR count). The quantitative estimate of drug-likeness (QED) is 0.0492. The van der Waals surface area contributed by atoms with Crippen molar-refractivity contribution >= 4 is 12.4 Å². The average molecular weight is 857 g/mol. The molecule has 0 aliphatic carbocycles. The minimum atomic E-state index is 0.827. The van der Waals surface area contributed by atoms with Crippen molar-refractivity contribution in [2.75, 3.05) is 26.3 Å². The van der Waals surface area contributed by atoms with Gasteiger partial charge in [0.1, 0.15) is 11.5 Å². The lowest BCUT2D eigenvalue weighted by Crippen LogP contribution is -1.97. The first-order chi connectivity index (χ1) is 30.8. The summed E-state index contributed by atoms with van der Waals surface area (Å²) in [7, 11) is 0. The zero-order chi connectivity index (χ0) is 43.9. The van der Waals surface area contributed by atoms with E-state index >= 15 is 0 Å². The number of aliphatic imine (C=N–C) groups is 2. The van der Waals surface area contributed by atoms with Crippen LogP contribution in [0.1, 0.15) is 269 Å². The minimum Gasteiger partial charge on any atom is -0.494 e. The fourth-order valence-electron chi connectivity index (χ4n) is 8.43. The van der Waals surface area contributed by atoms with Gasteiger partial charge in [0.2, 0.25) is 0 Å². The topological polar surface area (TPSA) is 43.2 Å². The molecular formula is C58H100N2O2. The van der Waals surface area contributed by atoms with Crippen LogP contribution in [0.5, 0.6) is 11.5 Å². The molecule has 62 heavy (non-hydrogen) atoms. The molecular weight excluding hydrogens is 757 g/mol. The summed E-state index contributed by atoms with van der Waals surface area (Å²) in [5, 5.41) is 0. The molecule has 4 heteroatoms. The van der Waals surface area contributed by atoms with E-state index in [4.69, 9.17) is 9.47 Å². The van der Waals surface area contributed by atoms with Crippen molar-refractivity contribution in [2.24, 2.45) is 9.98 Å². The molecule has 0 saturated carbocycles. The molecule has 0 atom stereocenters. The molecule has 0 spiro atoms. The van der Waals surface area contributed by atoms with Gasteiger partial charge >= 0.3 is 0 Å². The van der Waals surface area contributed by atoms with Crippen LogP contribution in [0.4, 0.5) is 0 Å². The summed E-state index contributed by atoms with van der Waals surface area (Å²) in [4.78, 5) is 9.36. The Bertz CT molecular complexity index is 1140. The van der Waals surface area contributed by atoms with Crippen molar-refractivity contribution < 1.29 is 9.47 Å². The molecule has 0 amide bonds. The average Bonchev–Trinajstić information content (AvgIpc) is 3.29. The number of ether oxygens (including phenoxy) is 2. The van der Waals surface area contributed by atoms with Gasteiger partial charge in [-0.2, -0.15) is 0 Å². The second-order valence-electron chi connectivity index (χ2n) is 18.6. The standard InChI is InChI=1S/C58H100N2O2/c1-3-5-7-9-11-13-15-17-19-23-27-31-35-39-51-61-57-45-41-55(42-46-57)53-59-49-37-33-29-25-21-22-26-30-34-38-50-60-54-56-43-47-58(48-44-56)62-52-40-36-32-28-24-20-18-16-14-12-10-8-6-4-2/h41-48,53-54H,3-40,49-52H2,1-2H3. The maximum Gasteiger partial charge on any atom is 0.119 e. The molecule has 0 aliphatic rings. The summed E-state index contributed by atoms with van der Waals surface area (Å²) in [5.41, 5.74) is 2.34. The highest BCUT2D eigenvalue weighted by Gasteiger charge is 2.00. The fourth-order valence-corrected chi connectivity index (χ4v) is 8.43. The third kappa shape index (κ3) is 36.8. The first-order valence-corrected chi connectivity index (χ1v) is 27.3. The number of unbranched alkanes of at least 4 members (excludes halogenated alkanes) is 35. The van der Waals surface area contributed by atoms with E-state index in [1.165, 1.54) is 242 Å². The van der Waals surface area contributed by atoms with Gasteiger partial charge in [-0.15, -0.1) is 0 Å². The highest BCUT2D eigenvalue weighted by Crippen LogP contribution is 2.17. The van der Waals surface area contributed by atoms with Crippen molar-refractivity contribution in [2.45, 2.75) is 258 Å². The highest BCUT2D eigenvalue weighted by molar-refractivity contribution is 5.80. The van der Waals surface area contributed by atoms with E-state index in [-0.39, 0.29) is 0 Å². The second kappa shape index (κ2) is 45.0. The van der Waals surface area contributed by atoms with E-state index in [1.54, 1.807) is 0 Å². The third-order valence-corrected chi connectivity index (χ3v) is 12.6. The monoisotopic (exact) mass is 857 g/mol. The van der Waals surface area contributed by atoms with Gasteiger partial charge in [-0.05, 0) is 85.3 Å². The molecule has 2 aromatic rings. The summed E-state index contributed by atoms with van der Waals surface area (Å²) < 4.78 is 12.0. The van der Waals surface area contributed by atoms with Crippen LogP contribution in [0.15, 0.2) is 58.5 Å². The minimum absolute atomic E-state index is 0.827. The van der Waals surface area contributed by atoms with Crippen molar-refractivity contribution in [3.8, 4) is 11.5 Å². The van der Waals surface area contributed by atoms with Gasteiger partial charge in [0.15, 0.2) is 0 Å². The zero-order valence-electron chi connectivity index (χ0n) is 41.2. The second-order valence-corrected chi connectivity index (χ2v) is 18.6. The summed E-state index contributed by atoms with van der Waals surface area (Å²) in [6, 6.07) is 16.9. The molecule has 0 N–H and O–H groups in total. The van der Waals surface area contributed by atoms with Crippen LogP contribution >= 0.6 is 0 Å². The lowest BCUT2D eigenvalue weighted by atomic mass is 10.0. The van der Waals surface area contributed by atoms with Crippen LogP contribution in [0.3, 0.4) is 0 Å². The van der Waals surface area contributed by atoms with Gasteiger partial charge in [-0.1, -0.05) is 232 Å². The summed E-state index contributed by atoms with van der Waals surface area (Å²) in [6.07, 6.45) is 56.0. The Kier molecular flexibility index (Phi) is 40.3. The Morgan fingerprint density at radius 3 is 0.774 bits per heavy atom. The van der Waals surface area contributed by atoms with E-state index in [9.17, 15) is 0 Å². The Hall–Kier alpha value is -2.62. The molecule has 0 unspecified atom stereocenters. The lowest BCUT2D eigenvalue weighted by molar-refractivity contribution is 0.304. The van der Waals surface area contributed by atoms with Crippen LogP contribution < -0.4 is 9.47 Å². The Morgan fingerprint density at radius 2 is 0.516 bits per heavy atom. The van der Waals surface area contributed by atoms with Crippen LogP contribution in [0.2, 0.25) is 0 Å². The van der Waals surface area contributed by atoms with Crippen LogP contribution in [0, 0.1) is 0 Å². The van der Waals surface area contributed by atoms with Gasteiger partial charge in [-0.25, -0.2) is 0 Å². The first-order valence-electron chi connectivity index (χ1n) is 27.3. The van der Waals surface area contributed by atoms with Gasteiger partial charge < -0.3 is 9.47 Å². The van der Waals surface area contributed by atoms with Crippen molar-refractivity contribution in [1.82, 2.24) is 0 Å². The van der Waals surface area contributed by atoms with E-state index in [2.05, 4.69) is 72.4 Å². The van der Waals surface area contributed by atoms with Crippen molar-refractivity contribution in [1.29, 1.82) is 0 Å². The molecule has 0 aliphatic heterocycles. The first kappa shape index (κ1) is 55.5. The smallest absolute Gasteiger partial charge is 0.119 e. The van der Waals surface area contributed by atoms with E-state index in [0.29, 0.717) is 0 Å². The number of hydrogen-bond acceptors (Lipinski definition) is 4. The number of benzene rings is 2. The lowest BCUT2D eigenvalue weighted by Gasteiger charge is -2.06. The Morgan fingerprint density at radius 1 is 0.290 bits per heavy atom. The van der Waals surface area contributed by atoms with Crippen LogP contribution in [-0.2, 0) is 0 Å². The third-order valence-electron chi connectivity index (χ3n) is 12.6. The normalized spacial score (nSPS) is 11.7. The summed E-state index contributed by atoms with van der Waals surface area (Å²) >= 11 is 0. The Balaban J connectivity index is 1.29. The maximum absolute atomic E-state index is 5.99. The Labute approximate surface area is 385 Å². The molecule has 0 aromatic heterocycles. The predicted octanol–water partition coefficient (Wildman–Crippen LogP) is 18.8. The zero-order valence-corrected chi connectivity index (χ0v) is 41.2. The number of nitrogens with zero attached hydrogens (tertiary/aromatic N) is 2. The van der Waals surface area contributed by atoms with Gasteiger partial charge in [-0.3, -0.25) is 9.98 Å². The SMILES string of the molecule is CCCCCCCCCCCCCCCCOc1ccc(C=NCCCCCCCCCCCCN=Cc2ccc(OCCCCCCCCCCCCCCCC)cc2)cc1. The molecule has 0 radical (unpaired) electrons. The molecule has 354 valence electrons. The molecule has 0 fully saturated rings. The highest BCUT2D eigenvalue weighted by atomic mass is 16.5. The van der Waals surface area contributed by atoms with E-state index in [1.807, 2.05) is 12.4 Å². The summed E-state index contributed by atoms with van der Waals surface area (Å²) in [5.74, 6) is 1.96. The molecule has 0 bridgehead atoms.